The molecule has 0 unspecified atom stereocenters. The van der Waals surface area contributed by atoms with Crippen LogP contribution in [0.2, 0.25) is 0 Å². The highest BCUT2D eigenvalue weighted by molar-refractivity contribution is 6.08. The number of primary amides is 1. The molecule has 75 heavy (non-hydrogen) atoms. The molecule has 3 amide bonds. The van der Waals surface area contributed by atoms with Crippen molar-refractivity contribution in [2.45, 2.75) is 25.4 Å². The largest absolute Gasteiger partial charge is 0.573 e. The Morgan fingerprint density at radius 3 is 1.15 bits per heavy atom. The van der Waals surface area contributed by atoms with Crippen molar-refractivity contribution in [1.82, 2.24) is 9.97 Å². The first-order valence-corrected chi connectivity index (χ1v) is 19.4. The fraction of sp³-hybridized carbons (Fsp3) is 0.116. The van der Waals surface area contributed by atoms with Crippen LogP contribution in [0.5, 0.6) is 46.0 Å². The van der Waals surface area contributed by atoms with Gasteiger partial charge in [0, 0.05) is 35.9 Å². The van der Waals surface area contributed by atoms with Gasteiger partial charge in [0.2, 0.25) is 0 Å². The van der Waals surface area contributed by atoms with Crippen LogP contribution in [-0.4, -0.2) is 66.2 Å². The second-order valence-electron chi connectivity index (χ2n) is 13.7. The average Bonchev–Trinajstić information content (AvgIpc) is 3.28. The Balaban J connectivity index is 0.000000277. The lowest BCUT2D eigenvalue weighted by molar-refractivity contribution is -0.276. The van der Waals surface area contributed by atoms with E-state index in [9.17, 15) is 85.0 Å². The van der Waals surface area contributed by atoms with Gasteiger partial charge in [0.25, 0.3) is 17.7 Å². The van der Waals surface area contributed by atoms with Gasteiger partial charge in [-0.2, -0.15) is 0 Å². The molecule has 0 saturated heterocycles. The lowest BCUT2D eigenvalue weighted by Gasteiger charge is -2.16. The van der Waals surface area contributed by atoms with Crippen LogP contribution in [0.15, 0.2) is 97.3 Å². The third-order valence-electron chi connectivity index (χ3n) is 8.44. The zero-order valence-corrected chi connectivity index (χ0v) is 36.2. The highest BCUT2D eigenvalue weighted by Gasteiger charge is 2.37. The summed E-state index contributed by atoms with van der Waals surface area (Å²) in [6.45, 7) is 0. The summed E-state index contributed by atoms with van der Waals surface area (Å²) < 4.78 is 237. The minimum absolute atomic E-state index is 0.169. The zero-order valence-electron chi connectivity index (χ0n) is 36.2. The van der Waals surface area contributed by atoms with E-state index < -0.39 is 130 Å². The number of amides is 3. The van der Waals surface area contributed by atoms with Gasteiger partial charge in [-0.15, -0.1) is 52.7 Å². The molecule has 4 N–H and O–H groups in total. The normalized spacial score (nSPS) is 11.5. The topological polar surface area (TPSA) is 209 Å². The maximum absolute atomic E-state index is 15.0. The quantitative estimate of drug-likeness (QED) is 0.0686. The summed E-state index contributed by atoms with van der Waals surface area (Å²) in [5.41, 5.74) is 1.78. The molecule has 0 spiro atoms. The van der Waals surface area contributed by atoms with Crippen molar-refractivity contribution in [3.05, 3.63) is 143 Å². The van der Waals surface area contributed by atoms with Crippen molar-refractivity contribution >= 4 is 35.1 Å². The number of anilines is 2. The van der Waals surface area contributed by atoms with E-state index in [0.29, 0.717) is 48.5 Å². The number of alkyl halides is 12. The molecule has 2 heterocycles. The van der Waals surface area contributed by atoms with E-state index in [4.69, 9.17) is 15.2 Å². The SMILES string of the molecule is COC(=O)c1cc(NC(=O)c2c(Oc3ccc(OC(F)(F)F)c(F)c3)ccc(OC(F)(F)F)c2F)ccn1.NC(=O)c1cc(NC(=O)c2c(Oc3ccc(OC(F)(F)F)c(F)c3)ccc(OC(F)(F)F)c2F)ccn1. The molecule has 0 saturated carbocycles. The standard InChI is InChI=1S/C22H12F8N2O6.C21H11F8N3O5/c1-35-20(34)13-8-10(6-7-31-13)32-19(33)17-15(4-5-16(18(17)24)38-22(28,29)30)36-11-2-3-14(12(23)9-11)37-21(25,26)27;22-11-8-10(1-2-13(11)36-20(24,25)26)35-14-3-4-15(37-21(27,28)29)17(23)16(14)19(34)32-9-5-6-31-12(7-9)18(30)33/h2-9H,1H3,(H,31,32,33);1-8H,(H2,30,33)(H,31,32,34). The predicted octanol–water partition coefficient (Wildman–Crippen LogP) is 11.3. The second-order valence-corrected chi connectivity index (χ2v) is 13.7. The van der Waals surface area contributed by atoms with Gasteiger partial charge in [-0.3, -0.25) is 19.4 Å². The predicted molar refractivity (Wildman–Crippen MR) is 217 cm³/mol. The van der Waals surface area contributed by atoms with Gasteiger partial charge in [-0.25, -0.2) is 27.3 Å². The van der Waals surface area contributed by atoms with Crippen molar-refractivity contribution in [3.63, 3.8) is 0 Å². The maximum atomic E-state index is 15.0. The van der Waals surface area contributed by atoms with Crippen molar-refractivity contribution < 1.29 is 123 Å². The van der Waals surface area contributed by atoms with Crippen LogP contribution in [0.3, 0.4) is 0 Å². The molecule has 2 aromatic heterocycles. The van der Waals surface area contributed by atoms with Crippen LogP contribution in [0.4, 0.5) is 81.6 Å². The molecule has 0 fully saturated rings. The van der Waals surface area contributed by atoms with Gasteiger partial charge in [0.05, 0.1) is 7.11 Å². The molecule has 6 aromatic rings. The molecule has 0 radical (unpaired) electrons. The summed E-state index contributed by atoms with van der Waals surface area (Å²) in [6.07, 6.45) is -19.0. The Morgan fingerprint density at radius 1 is 0.467 bits per heavy atom. The lowest BCUT2D eigenvalue weighted by atomic mass is 10.1. The summed E-state index contributed by atoms with van der Waals surface area (Å²) in [5.74, 6) is -19.6. The zero-order chi connectivity index (χ0) is 55.8. The molecule has 0 aliphatic rings. The number of hydrogen-bond donors (Lipinski definition) is 3. The van der Waals surface area contributed by atoms with Crippen LogP contribution in [0, 0.1) is 23.3 Å². The minimum Gasteiger partial charge on any atom is -0.464 e. The van der Waals surface area contributed by atoms with E-state index >= 15 is 4.39 Å². The first-order valence-electron chi connectivity index (χ1n) is 19.4. The first-order chi connectivity index (χ1) is 34.8. The third kappa shape index (κ3) is 16.4. The number of nitrogens with zero attached hydrogens (tertiary/aromatic N) is 2. The van der Waals surface area contributed by atoms with E-state index in [1.807, 2.05) is 0 Å². The molecule has 398 valence electrons. The van der Waals surface area contributed by atoms with Crippen molar-refractivity contribution in [2.24, 2.45) is 5.73 Å². The Morgan fingerprint density at radius 2 is 0.800 bits per heavy atom. The van der Waals surface area contributed by atoms with E-state index in [0.717, 1.165) is 55.9 Å². The number of nitrogens with two attached hydrogens (primary N) is 1. The highest BCUT2D eigenvalue weighted by Crippen LogP contribution is 2.39. The number of methoxy groups -OCH3 is 1. The Kier molecular flexibility index (Phi) is 17.1. The number of ether oxygens (including phenoxy) is 7. The van der Waals surface area contributed by atoms with E-state index in [2.05, 4.69) is 44.3 Å². The number of nitrogens with one attached hydrogen (secondary N) is 2. The van der Waals surface area contributed by atoms with Gasteiger partial charge in [0.1, 0.15) is 45.5 Å². The Hall–Kier alpha value is -9.26. The molecule has 32 heteroatoms. The molecule has 0 atom stereocenters. The molecule has 4 aromatic carbocycles. The van der Waals surface area contributed by atoms with Crippen molar-refractivity contribution in [1.29, 1.82) is 0 Å². The molecular formula is C43H23F16N5O11. The molecule has 0 bridgehead atoms. The average molecular weight is 1090 g/mol. The Labute approximate surface area is 405 Å². The highest BCUT2D eigenvalue weighted by atomic mass is 19.4. The van der Waals surface area contributed by atoms with Crippen LogP contribution in [0.1, 0.15) is 41.7 Å². The molecule has 6 rings (SSSR count). The number of benzene rings is 4. The van der Waals surface area contributed by atoms with E-state index in [1.165, 1.54) is 0 Å². The number of pyridine rings is 2. The van der Waals surface area contributed by atoms with Crippen molar-refractivity contribution in [3.8, 4) is 46.0 Å². The number of esters is 1. The first kappa shape index (κ1) is 56.7. The fourth-order valence-corrected chi connectivity index (χ4v) is 5.59. The molecule has 16 nitrogen and oxygen atoms in total. The van der Waals surface area contributed by atoms with Gasteiger partial charge in [0.15, 0.2) is 46.3 Å². The molecular weight excluding hydrogens is 1070 g/mol. The minimum atomic E-state index is -5.35. The van der Waals surface area contributed by atoms with Crippen LogP contribution in [0.25, 0.3) is 0 Å². The molecule has 0 aliphatic heterocycles. The van der Waals surface area contributed by atoms with E-state index in [-0.39, 0.29) is 22.8 Å². The summed E-state index contributed by atoms with van der Waals surface area (Å²) in [5, 5.41) is 4.21. The smallest absolute Gasteiger partial charge is 0.464 e. The summed E-state index contributed by atoms with van der Waals surface area (Å²) in [6, 6.07) is 9.83. The Bertz CT molecular complexity index is 3120. The lowest BCUT2D eigenvalue weighted by Crippen LogP contribution is -2.21. The van der Waals surface area contributed by atoms with Gasteiger partial charge in [-0.1, -0.05) is 0 Å². The number of carbonyl (C=O) groups excluding carboxylic acids is 4. The van der Waals surface area contributed by atoms with Crippen LogP contribution >= 0.6 is 0 Å². The van der Waals surface area contributed by atoms with Gasteiger partial charge in [-0.05, 0) is 72.8 Å². The van der Waals surface area contributed by atoms with Crippen molar-refractivity contribution in [2.75, 3.05) is 17.7 Å². The van der Waals surface area contributed by atoms with Crippen LogP contribution < -0.4 is 44.8 Å². The second kappa shape index (κ2) is 22.7. The number of halogens is 16. The fourth-order valence-electron chi connectivity index (χ4n) is 5.59. The number of hydrogen-bond acceptors (Lipinski definition) is 13. The number of carbonyl (C=O) groups is 4. The third-order valence-corrected chi connectivity index (χ3v) is 8.44. The molecule has 0 aliphatic carbocycles. The van der Waals surface area contributed by atoms with Gasteiger partial charge < -0.3 is 49.5 Å². The summed E-state index contributed by atoms with van der Waals surface area (Å²) >= 11 is 0. The maximum Gasteiger partial charge on any atom is 0.573 e. The monoisotopic (exact) mass is 1090 g/mol. The van der Waals surface area contributed by atoms with Gasteiger partial charge >= 0.3 is 31.4 Å². The summed E-state index contributed by atoms with van der Waals surface area (Å²) in [7, 11) is 1.05. The van der Waals surface area contributed by atoms with Crippen LogP contribution in [-0.2, 0) is 4.74 Å². The number of aromatic nitrogens is 2. The van der Waals surface area contributed by atoms with E-state index in [1.54, 1.807) is 0 Å². The number of rotatable bonds is 14. The summed E-state index contributed by atoms with van der Waals surface area (Å²) in [4.78, 5) is 55.9.